The molecule has 1 saturated carbocycles. The Morgan fingerprint density at radius 1 is 1.33 bits per heavy atom. The maximum atomic E-state index is 13.7. The first-order valence-electron chi connectivity index (χ1n) is 8.37. The molecule has 124 valence electrons. The number of rotatable bonds is 5. The number of amides is 1. The molecule has 1 fully saturated rings. The molecular formula is C19H19FN2O2. The van der Waals surface area contributed by atoms with Gasteiger partial charge in [0, 0.05) is 23.9 Å². The summed E-state index contributed by atoms with van der Waals surface area (Å²) < 4.78 is 19.3. The Hall–Kier alpha value is -2.43. The van der Waals surface area contributed by atoms with Gasteiger partial charge in [-0.25, -0.2) is 4.39 Å². The van der Waals surface area contributed by atoms with Gasteiger partial charge in [-0.05, 0) is 49.9 Å². The van der Waals surface area contributed by atoms with E-state index in [0.29, 0.717) is 30.3 Å². The molecule has 0 bridgehead atoms. The first-order chi connectivity index (χ1) is 11.7. The molecule has 2 heterocycles. The minimum Gasteiger partial charge on any atom is -0.493 e. The summed E-state index contributed by atoms with van der Waals surface area (Å²) in [4.78, 5) is 18.6. The molecule has 0 atom stereocenters. The number of carbonyl (C=O) groups excluding carboxylic acids is 1. The lowest BCUT2D eigenvalue weighted by Crippen LogP contribution is -2.28. The van der Waals surface area contributed by atoms with Crippen LogP contribution in [-0.2, 0) is 11.2 Å². The lowest BCUT2D eigenvalue weighted by atomic mass is 10.0. The highest BCUT2D eigenvalue weighted by Gasteiger charge is 2.34. The second-order valence-electron chi connectivity index (χ2n) is 6.39. The standard InChI is InChI=1S/C19H19FN2O2/c1-2-24-18-6-5-14(20)8-15(18)13-7-17-16(21-10-13)9-19(23)22(17)11-12-3-4-12/h5-8,10,12H,2-4,9,11H2,1H3. The molecule has 4 nitrogen and oxygen atoms in total. The third-order valence-corrected chi connectivity index (χ3v) is 4.55. The molecule has 0 saturated heterocycles. The van der Waals surface area contributed by atoms with E-state index in [1.54, 1.807) is 12.3 Å². The van der Waals surface area contributed by atoms with Crippen LogP contribution in [0.2, 0.25) is 0 Å². The van der Waals surface area contributed by atoms with Gasteiger partial charge in [0.1, 0.15) is 11.6 Å². The van der Waals surface area contributed by atoms with Gasteiger partial charge < -0.3 is 9.64 Å². The van der Waals surface area contributed by atoms with Crippen molar-refractivity contribution in [3.8, 4) is 16.9 Å². The van der Waals surface area contributed by atoms with Gasteiger partial charge in [-0.2, -0.15) is 0 Å². The number of nitrogens with zero attached hydrogens (tertiary/aromatic N) is 2. The fraction of sp³-hybridized carbons (Fsp3) is 0.368. The van der Waals surface area contributed by atoms with Crippen LogP contribution in [0.15, 0.2) is 30.5 Å². The SMILES string of the molecule is CCOc1ccc(F)cc1-c1cnc2c(c1)N(CC1CC1)C(=O)C2. The van der Waals surface area contributed by atoms with Gasteiger partial charge in [-0.15, -0.1) is 0 Å². The number of ether oxygens (including phenoxy) is 1. The molecule has 1 aliphatic heterocycles. The summed E-state index contributed by atoms with van der Waals surface area (Å²) in [5, 5.41) is 0. The summed E-state index contributed by atoms with van der Waals surface area (Å²) >= 11 is 0. The summed E-state index contributed by atoms with van der Waals surface area (Å²) in [5.74, 6) is 1.01. The van der Waals surface area contributed by atoms with Gasteiger partial charge in [-0.3, -0.25) is 9.78 Å². The summed E-state index contributed by atoms with van der Waals surface area (Å²) in [5.41, 5.74) is 3.10. The number of aromatic nitrogens is 1. The van der Waals surface area contributed by atoms with Crippen molar-refractivity contribution in [3.05, 3.63) is 42.0 Å². The predicted molar refractivity (Wildman–Crippen MR) is 89.6 cm³/mol. The Morgan fingerprint density at radius 2 is 2.17 bits per heavy atom. The van der Waals surface area contributed by atoms with E-state index in [2.05, 4.69) is 4.98 Å². The number of carbonyl (C=O) groups is 1. The second kappa shape index (κ2) is 5.89. The van der Waals surface area contributed by atoms with Crippen LogP contribution in [0.1, 0.15) is 25.5 Å². The monoisotopic (exact) mass is 326 g/mol. The van der Waals surface area contributed by atoms with E-state index in [1.165, 1.54) is 25.0 Å². The average molecular weight is 326 g/mol. The lowest BCUT2D eigenvalue weighted by molar-refractivity contribution is -0.117. The number of pyridine rings is 1. The van der Waals surface area contributed by atoms with Crippen molar-refractivity contribution in [2.75, 3.05) is 18.1 Å². The van der Waals surface area contributed by atoms with E-state index in [4.69, 9.17) is 4.74 Å². The molecule has 2 aliphatic rings. The third kappa shape index (κ3) is 2.75. The first-order valence-corrected chi connectivity index (χ1v) is 8.37. The van der Waals surface area contributed by atoms with Crippen LogP contribution < -0.4 is 9.64 Å². The molecule has 0 radical (unpaired) electrons. The molecule has 0 unspecified atom stereocenters. The molecule has 5 heteroatoms. The van der Waals surface area contributed by atoms with Gasteiger partial charge in [0.25, 0.3) is 0 Å². The van der Waals surface area contributed by atoms with E-state index in [-0.39, 0.29) is 11.7 Å². The van der Waals surface area contributed by atoms with Crippen LogP contribution >= 0.6 is 0 Å². The van der Waals surface area contributed by atoms with Crippen LogP contribution in [0.25, 0.3) is 11.1 Å². The topological polar surface area (TPSA) is 42.4 Å². The zero-order valence-electron chi connectivity index (χ0n) is 13.6. The fourth-order valence-corrected chi connectivity index (χ4v) is 3.14. The quantitative estimate of drug-likeness (QED) is 0.843. The molecule has 1 aromatic carbocycles. The molecular weight excluding hydrogens is 307 g/mol. The smallest absolute Gasteiger partial charge is 0.233 e. The maximum absolute atomic E-state index is 13.7. The normalized spacial score (nSPS) is 16.4. The highest BCUT2D eigenvalue weighted by atomic mass is 19.1. The summed E-state index contributed by atoms with van der Waals surface area (Å²) in [7, 11) is 0. The van der Waals surface area contributed by atoms with Gasteiger partial charge in [0.2, 0.25) is 5.91 Å². The minimum atomic E-state index is -0.320. The van der Waals surface area contributed by atoms with Crippen molar-refractivity contribution in [2.45, 2.75) is 26.2 Å². The van der Waals surface area contributed by atoms with Crippen molar-refractivity contribution in [1.29, 1.82) is 0 Å². The van der Waals surface area contributed by atoms with Crippen molar-refractivity contribution < 1.29 is 13.9 Å². The van der Waals surface area contributed by atoms with Crippen LogP contribution in [0.5, 0.6) is 5.75 Å². The molecule has 1 amide bonds. The Morgan fingerprint density at radius 3 is 2.92 bits per heavy atom. The Balaban J connectivity index is 1.74. The van der Waals surface area contributed by atoms with Gasteiger partial charge in [-0.1, -0.05) is 0 Å². The Labute approximate surface area is 140 Å². The minimum absolute atomic E-state index is 0.103. The lowest BCUT2D eigenvalue weighted by Gasteiger charge is -2.18. The van der Waals surface area contributed by atoms with Crippen molar-refractivity contribution in [1.82, 2.24) is 4.98 Å². The maximum Gasteiger partial charge on any atom is 0.233 e. The van der Waals surface area contributed by atoms with Crippen molar-refractivity contribution >= 4 is 11.6 Å². The molecule has 1 aromatic heterocycles. The number of halogens is 1. The molecule has 0 spiro atoms. The van der Waals surface area contributed by atoms with Crippen LogP contribution in [0.3, 0.4) is 0 Å². The summed E-state index contributed by atoms with van der Waals surface area (Å²) in [6.45, 7) is 3.16. The number of hydrogen-bond donors (Lipinski definition) is 0. The highest BCUT2D eigenvalue weighted by molar-refractivity contribution is 6.01. The van der Waals surface area contributed by atoms with Crippen LogP contribution in [-0.4, -0.2) is 24.0 Å². The second-order valence-corrected chi connectivity index (χ2v) is 6.39. The zero-order valence-corrected chi connectivity index (χ0v) is 13.6. The zero-order chi connectivity index (χ0) is 16.7. The molecule has 4 rings (SSSR count). The van der Waals surface area contributed by atoms with Gasteiger partial charge >= 0.3 is 0 Å². The first kappa shape index (κ1) is 15.1. The third-order valence-electron chi connectivity index (χ3n) is 4.55. The number of fused-ring (bicyclic) bond motifs is 1. The van der Waals surface area contributed by atoms with Crippen LogP contribution in [0, 0.1) is 11.7 Å². The number of hydrogen-bond acceptors (Lipinski definition) is 3. The van der Waals surface area contributed by atoms with E-state index in [9.17, 15) is 9.18 Å². The van der Waals surface area contributed by atoms with Crippen LogP contribution in [0.4, 0.5) is 10.1 Å². The number of anilines is 1. The van der Waals surface area contributed by atoms with E-state index >= 15 is 0 Å². The molecule has 0 N–H and O–H groups in total. The molecule has 1 aliphatic carbocycles. The summed E-state index contributed by atoms with van der Waals surface area (Å²) in [6, 6.07) is 6.41. The average Bonchev–Trinajstić information content (AvgIpc) is 3.33. The molecule has 24 heavy (non-hydrogen) atoms. The highest BCUT2D eigenvalue weighted by Crippen LogP contribution is 2.38. The largest absolute Gasteiger partial charge is 0.493 e. The van der Waals surface area contributed by atoms with E-state index in [1.807, 2.05) is 17.9 Å². The van der Waals surface area contributed by atoms with E-state index in [0.717, 1.165) is 23.5 Å². The summed E-state index contributed by atoms with van der Waals surface area (Å²) in [6.07, 6.45) is 4.42. The van der Waals surface area contributed by atoms with E-state index < -0.39 is 0 Å². The molecule has 2 aromatic rings. The predicted octanol–water partition coefficient (Wildman–Crippen LogP) is 3.59. The fourth-order valence-electron chi connectivity index (χ4n) is 3.14. The van der Waals surface area contributed by atoms with Crippen molar-refractivity contribution in [2.24, 2.45) is 5.92 Å². The van der Waals surface area contributed by atoms with Gasteiger partial charge in [0.15, 0.2) is 0 Å². The Bertz CT molecular complexity index is 802. The van der Waals surface area contributed by atoms with Gasteiger partial charge in [0.05, 0.1) is 24.4 Å². The van der Waals surface area contributed by atoms with Crippen molar-refractivity contribution in [3.63, 3.8) is 0 Å². The number of benzene rings is 1. The Kier molecular flexibility index (Phi) is 3.71.